The third-order valence-electron chi connectivity index (χ3n) is 4.31. The van der Waals surface area contributed by atoms with Crippen LogP contribution in [0.5, 0.6) is 5.75 Å². The van der Waals surface area contributed by atoms with Crippen LogP contribution in [0.1, 0.15) is 5.56 Å². The van der Waals surface area contributed by atoms with Crippen molar-refractivity contribution in [3.8, 4) is 5.75 Å². The van der Waals surface area contributed by atoms with Crippen LogP contribution >= 0.6 is 0 Å². The largest absolute Gasteiger partial charge is 0.496 e. The molecule has 0 amide bonds. The number of benzene rings is 3. The van der Waals surface area contributed by atoms with E-state index in [0.29, 0.717) is 5.75 Å². The minimum atomic E-state index is -0.124. The molecule has 1 heterocycles. The Morgan fingerprint density at radius 3 is 2.48 bits per heavy atom. The van der Waals surface area contributed by atoms with E-state index in [-0.39, 0.29) is 6.61 Å². The highest BCUT2D eigenvalue weighted by Gasteiger charge is 2.15. The van der Waals surface area contributed by atoms with Crippen molar-refractivity contribution in [2.45, 2.75) is 6.61 Å². The maximum Gasteiger partial charge on any atom is 0.128 e. The summed E-state index contributed by atoms with van der Waals surface area (Å²) in [6.45, 7) is -0.124. The molecular formula is C21H18N2O2. The van der Waals surface area contributed by atoms with Crippen LogP contribution in [0.15, 0.2) is 66.7 Å². The van der Waals surface area contributed by atoms with Gasteiger partial charge in [0.05, 0.1) is 30.4 Å². The van der Waals surface area contributed by atoms with Crippen molar-refractivity contribution in [1.29, 1.82) is 0 Å². The number of aliphatic hydroxyl groups excluding tert-OH is 1. The molecule has 25 heavy (non-hydrogen) atoms. The van der Waals surface area contributed by atoms with Gasteiger partial charge in [-0.2, -0.15) is 0 Å². The summed E-state index contributed by atoms with van der Waals surface area (Å²) in [5, 5.41) is 15.4. The monoisotopic (exact) mass is 330 g/mol. The molecule has 4 heteroatoms. The first kappa shape index (κ1) is 15.4. The van der Waals surface area contributed by atoms with E-state index in [1.165, 1.54) is 0 Å². The molecule has 0 saturated heterocycles. The van der Waals surface area contributed by atoms with E-state index in [4.69, 9.17) is 9.72 Å². The van der Waals surface area contributed by atoms with Gasteiger partial charge >= 0.3 is 0 Å². The summed E-state index contributed by atoms with van der Waals surface area (Å²) < 4.78 is 5.49. The first-order chi connectivity index (χ1) is 12.3. The zero-order chi connectivity index (χ0) is 17.2. The minimum Gasteiger partial charge on any atom is -0.496 e. The molecule has 4 aromatic rings. The lowest BCUT2D eigenvalue weighted by molar-refractivity contribution is 0.275. The molecule has 0 spiro atoms. The number of rotatable bonds is 4. The minimum absolute atomic E-state index is 0.124. The van der Waals surface area contributed by atoms with Crippen LogP contribution < -0.4 is 10.1 Å². The van der Waals surface area contributed by atoms with Gasteiger partial charge in [0.2, 0.25) is 0 Å². The standard InChI is InChI=1S/C21H18N2O2/c1-25-20-12-19-16(11-14-7-5-6-10-18(14)23-19)21(17(20)13-24)22-15-8-3-2-4-9-15/h2-12,22,24H,13H2,1H3. The average molecular weight is 330 g/mol. The van der Waals surface area contributed by atoms with E-state index < -0.39 is 0 Å². The van der Waals surface area contributed by atoms with Gasteiger partial charge in [-0.25, -0.2) is 4.98 Å². The molecule has 0 aliphatic heterocycles. The molecule has 0 fully saturated rings. The van der Waals surface area contributed by atoms with Crippen LogP contribution in [0, 0.1) is 0 Å². The number of nitrogens with zero attached hydrogens (tertiary/aromatic N) is 1. The maximum atomic E-state index is 9.94. The Labute approximate surface area is 145 Å². The second kappa shape index (κ2) is 6.42. The second-order valence-electron chi connectivity index (χ2n) is 5.83. The number of methoxy groups -OCH3 is 1. The van der Waals surface area contributed by atoms with Gasteiger partial charge in [0.1, 0.15) is 5.75 Å². The molecule has 0 radical (unpaired) electrons. The molecule has 0 aliphatic rings. The average Bonchev–Trinajstić information content (AvgIpc) is 2.67. The number of fused-ring (bicyclic) bond motifs is 2. The van der Waals surface area contributed by atoms with Crippen molar-refractivity contribution < 1.29 is 9.84 Å². The number of para-hydroxylation sites is 2. The number of anilines is 2. The third kappa shape index (κ3) is 2.77. The molecule has 0 unspecified atom stereocenters. The highest BCUT2D eigenvalue weighted by atomic mass is 16.5. The Morgan fingerprint density at radius 2 is 1.72 bits per heavy atom. The van der Waals surface area contributed by atoms with Gasteiger partial charge in [0.25, 0.3) is 0 Å². The Balaban J connectivity index is 2.02. The van der Waals surface area contributed by atoms with Crippen LogP contribution in [-0.4, -0.2) is 17.2 Å². The van der Waals surface area contributed by atoms with Crippen molar-refractivity contribution in [2.24, 2.45) is 0 Å². The fourth-order valence-corrected chi connectivity index (χ4v) is 3.09. The molecule has 3 aromatic carbocycles. The number of nitrogens with one attached hydrogen (secondary N) is 1. The van der Waals surface area contributed by atoms with Gasteiger partial charge in [0, 0.05) is 28.1 Å². The van der Waals surface area contributed by atoms with Gasteiger partial charge in [-0.05, 0) is 24.3 Å². The summed E-state index contributed by atoms with van der Waals surface area (Å²) in [5.41, 5.74) is 4.24. The van der Waals surface area contributed by atoms with E-state index in [1.807, 2.05) is 60.7 Å². The zero-order valence-electron chi connectivity index (χ0n) is 13.9. The van der Waals surface area contributed by atoms with Crippen molar-refractivity contribution in [1.82, 2.24) is 4.98 Å². The lowest BCUT2D eigenvalue weighted by Gasteiger charge is -2.17. The SMILES string of the molecule is COc1cc2nc3ccccc3cc2c(Nc2ccccc2)c1CO. The summed E-state index contributed by atoms with van der Waals surface area (Å²) in [6, 6.07) is 21.9. The van der Waals surface area contributed by atoms with Crippen molar-refractivity contribution in [3.05, 3.63) is 72.3 Å². The quantitative estimate of drug-likeness (QED) is 0.536. The number of pyridine rings is 1. The van der Waals surface area contributed by atoms with Crippen molar-refractivity contribution in [3.63, 3.8) is 0 Å². The maximum absolute atomic E-state index is 9.94. The van der Waals surface area contributed by atoms with Gasteiger partial charge in [0.15, 0.2) is 0 Å². The molecule has 0 atom stereocenters. The van der Waals surface area contributed by atoms with Crippen molar-refractivity contribution >= 4 is 33.2 Å². The summed E-state index contributed by atoms with van der Waals surface area (Å²) >= 11 is 0. The lowest BCUT2D eigenvalue weighted by atomic mass is 10.0. The Kier molecular flexibility index (Phi) is 3.96. The predicted octanol–water partition coefficient (Wildman–Crippen LogP) is 4.63. The fourth-order valence-electron chi connectivity index (χ4n) is 3.09. The molecule has 1 aromatic heterocycles. The molecule has 0 bridgehead atoms. The van der Waals surface area contributed by atoms with E-state index in [0.717, 1.165) is 38.7 Å². The van der Waals surface area contributed by atoms with Crippen molar-refractivity contribution in [2.75, 3.05) is 12.4 Å². The van der Waals surface area contributed by atoms with E-state index >= 15 is 0 Å². The van der Waals surface area contributed by atoms with E-state index in [2.05, 4.69) is 11.4 Å². The zero-order valence-corrected chi connectivity index (χ0v) is 13.9. The van der Waals surface area contributed by atoms with E-state index in [9.17, 15) is 5.11 Å². The summed E-state index contributed by atoms with van der Waals surface area (Å²) in [6.07, 6.45) is 0. The van der Waals surface area contributed by atoms with Crippen LogP contribution in [0.25, 0.3) is 21.8 Å². The Hall–Kier alpha value is -3.11. The van der Waals surface area contributed by atoms with Gasteiger partial charge in [-0.3, -0.25) is 0 Å². The molecule has 124 valence electrons. The molecule has 4 nitrogen and oxygen atoms in total. The first-order valence-corrected chi connectivity index (χ1v) is 8.12. The smallest absolute Gasteiger partial charge is 0.128 e. The first-order valence-electron chi connectivity index (χ1n) is 8.12. The molecule has 0 aliphatic carbocycles. The highest BCUT2D eigenvalue weighted by molar-refractivity contribution is 6.02. The number of aromatic nitrogens is 1. The predicted molar refractivity (Wildman–Crippen MR) is 101 cm³/mol. The summed E-state index contributed by atoms with van der Waals surface area (Å²) in [5.74, 6) is 0.621. The molecule has 2 N–H and O–H groups in total. The van der Waals surface area contributed by atoms with Crippen LogP contribution in [0.3, 0.4) is 0 Å². The highest BCUT2D eigenvalue weighted by Crippen LogP contribution is 2.37. The normalized spacial score (nSPS) is 11.0. The van der Waals surface area contributed by atoms with Gasteiger partial charge in [-0.1, -0.05) is 36.4 Å². The Morgan fingerprint density at radius 1 is 0.960 bits per heavy atom. The number of aliphatic hydroxyl groups is 1. The molecule has 0 saturated carbocycles. The van der Waals surface area contributed by atoms with Crippen LogP contribution in [0.2, 0.25) is 0 Å². The van der Waals surface area contributed by atoms with E-state index in [1.54, 1.807) is 7.11 Å². The fraction of sp³-hybridized carbons (Fsp3) is 0.0952. The number of hydrogen-bond donors (Lipinski definition) is 2. The molecular weight excluding hydrogens is 312 g/mol. The van der Waals surface area contributed by atoms with Gasteiger partial charge < -0.3 is 15.2 Å². The van der Waals surface area contributed by atoms with Gasteiger partial charge in [-0.15, -0.1) is 0 Å². The second-order valence-corrected chi connectivity index (χ2v) is 5.83. The van der Waals surface area contributed by atoms with Crippen LogP contribution in [-0.2, 0) is 6.61 Å². The summed E-state index contributed by atoms with van der Waals surface area (Å²) in [4.78, 5) is 4.76. The number of ether oxygens (including phenoxy) is 1. The van der Waals surface area contributed by atoms with Crippen LogP contribution in [0.4, 0.5) is 11.4 Å². The Bertz CT molecular complexity index is 1050. The summed E-state index contributed by atoms with van der Waals surface area (Å²) in [7, 11) is 1.60. The molecule has 4 rings (SSSR count). The topological polar surface area (TPSA) is 54.4 Å². The number of hydrogen-bond acceptors (Lipinski definition) is 4. The third-order valence-corrected chi connectivity index (χ3v) is 4.31. The lowest BCUT2D eigenvalue weighted by Crippen LogP contribution is -2.01.